The number of azide groups is 1. The van der Waals surface area contributed by atoms with Crippen LogP contribution < -0.4 is 0 Å². The molecule has 1 aromatic heterocycles. The summed E-state index contributed by atoms with van der Waals surface area (Å²) in [6.07, 6.45) is 6.31. The van der Waals surface area contributed by atoms with E-state index in [1.54, 1.807) is 6.20 Å². The molecule has 0 atom stereocenters. The lowest BCUT2D eigenvalue weighted by Gasteiger charge is -1.97. The highest BCUT2D eigenvalue weighted by Crippen LogP contribution is 2.13. The molecule has 0 aliphatic rings. The van der Waals surface area contributed by atoms with Gasteiger partial charge in [-0.25, -0.2) is 4.98 Å². The van der Waals surface area contributed by atoms with Crippen LogP contribution in [-0.4, -0.2) is 11.5 Å². The van der Waals surface area contributed by atoms with E-state index in [9.17, 15) is 0 Å². The first-order valence-corrected chi connectivity index (χ1v) is 4.91. The molecule has 0 aliphatic heterocycles. The molecule has 0 bridgehead atoms. The highest BCUT2D eigenvalue weighted by atomic mass is 35.5. The van der Waals surface area contributed by atoms with Crippen LogP contribution in [0.4, 0.5) is 0 Å². The molecular weight excluding hydrogens is 212 g/mol. The summed E-state index contributed by atoms with van der Waals surface area (Å²) in [5.74, 6) is 0. The van der Waals surface area contributed by atoms with Gasteiger partial charge in [-0.05, 0) is 36.1 Å². The van der Waals surface area contributed by atoms with Crippen LogP contribution >= 0.6 is 11.6 Å². The van der Waals surface area contributed by atoms with Crippen molar-refractivity contribution in [1.29, 1.82) is 0 Å². The Bertz CT molecular complexity index is 408. The van der Waals surface area contributed by atoms with Crippen molar-refractivity contribution in [2.75, 3.05) is 6.54 Å². The Hall–Kier alpha value is -1.51. The van der Waals surface area contributed by atoms with Gasteiger partial charge in [-0.1, -0.05) is 28.9 Å². The van der Waals surface area contributed by atoms with E-state index in [1.807, 2.05) is 25.1 Å². The normalized spacial score (nSPS) is 10.3. The maximum absolute atomic E-state index is 8.06. The topological polar surface area (TPSA) is 61.7 Å². The maximum atomic E-state index is 8.06. The van der Waals surface area contributed by atoms with Crippen molar-refractivity contribution in [2.24, 2.45) is 5.11 Å². The highest BCUT2D eigenvalue weighted by Gasteiger charge is 1.95. The van der Waals surface area contributed by atoms with Crippen molar-refractivity contribution in [2.45, 2.75) is 13.3 Å². The average Bonchev–Trinajstić information content (AvgIpc) is 2.23. The van der Waals surface area contributed by atoms with Gasteiger partial charge < -0.3 is 0 Å². The molecule has 1 heterocycles. The standard InChI is InChI=1S/C10H11ClN4/c1-8-6-9(7-13-10(8)11)4-2-3-5-14-15-12/h2,4,6-7H,3,5H2,1H3. The zero-order valence-electron chi connectivity index (χ0n) is 8.39. The molecule has 0 fully saturated rings. The first-order chi connectivity index (χ1) is 7.24. The lowest BCUT2D eigenvalue weighted by molar-refractivity contribution is 0.995. The predicted octanol–water partition coefficient (Wildman–Crippen LogP) is 3.76. The second kappa shape index (κ2) is 6.06. The zero-order valence-corrected chi connectivity index (χ0v) is 9.15. The number of hydrogen-bond acceptors (Lipinski definition) is 2. The fourth-order valence-electron chi connectivity index (χ4n) is 1.07. The molecule has 4 nitrogen and oxygen atoms in total. The molecule has 0 saturated heterocycles. The summed E-state index contributed by atoms with van der Waals surface area (Å²) in [5.41, 5.74) is 10.0. The SMILES string of the molecule is Cc1cc(C=CCCN=[N+]=[N-])cnc1Cl. The van der Waals surface area contributed by atoms with Crippen LogP contribution in [0.15, 0.2) is 23.5 Å². The number of rotatable bonds is 4. The summed E-state index contributed by atoms with van der Waals surface area (Å²) in [6.45, 7) is 2.39. The zero-order chi connectivity index (χ0) is 11.1. The van der Waals surface area contributed by atoms with Crippen LogP contribution in [0.5, 0.6) is 0 Å². The fourth-order valence-corrected chi connectivity index (χ4v) is 1.17. The fraction of sp³-hybridized carbons (Fsp3) is 0.300. The van der Waals surface area contributed by atoms with Crippen LogP contribution in [0, 0.1) is 6.92 Å². The van der Waals surface area contributed by atoms with Gasteiger partial charge in [-0.2, -0.15) is 0 Å². The molecular formula is C10H11ClN4. The van der Waals surface area contributed by atoms with E-state index < -0.39 is 0 Å². The number of hydrogen-bond donors (Lipinski definition) is 0. The summed E-state index contributed by atoms with van der Waals surface area (Å²) in [6, 6.07) is 1.96. The molecule has 0 radical (unpaired) electrons. The van der Waals surface area contributed by atoms with E-state index >= 15 is 0 Å². The Morgan fingerprint density at radius 2 is 2.47 bits per heavy atom. The van der Waals surface area contributed by atoms with Gasteiger partial charge in [0.1, 0.15) is 5.15 Å². The Morgan fingerprint density at radius 1 is 1.67 bits per heavy atom. The second-order valence-corrected chi connectivity index (χ2v) is 3.38. The van der Waals surface area contributed by atoms with Crippen LogP contribution in [0.25, 0.3) is 16.5 Å². The minimum absolute atomic E-state index is 0.479. The number of nitrogens with zero attached hydrogens (tertiary/aromatic N) is 4. The van der Waals surface area contributed by atoms with Crippen LogP contribution in [-0.2, 0) is 0 Å². The Labute approximate surface area is 93.2 Å². The van der Waals surface area contributed by atoms with Gasteiger partial charge in [0.2, 0.25) is 0 Å². The van der Waals surface area contributed by atoms with E-state index in [2.05, 4.69) is 15.0 Å². The molecule has 0 saturated carbocycles. The first-order valence-electron chi connectivity index (χ1n) is 4.53. The Balaban J connectivity index is 2.56. The summed E-state index contributed by atoms with van der Waals surface area (Å²) in [7, 11) is 0. The quantitative estimate of drug-likeness (QED) is 0.252. The van der Waals surface area contributed by atoms with Crippen molar-refractivity contribution in [3.8, 4) is 0 Å². The Morgan fingerprint density at radius 3 is 3.13 bits per heavy atom. The molecule has 1 rings (SSSR count). The number of aromatic nitrogens is 1. The van der Waals surface area contributed by atoms with Crippen LogP contribution in [0.3, 0.4) is 0 Å². The van der Waals surface area contributed by atoms with Gasteiger partial charge in [-0.15, -0.1) is 0 Å². The predicted molar refractivity (Wildman–Crippen MR) is 61.6 cm³/mol. The van der Waals surface area contributed by atoms with Gasteiger partial charge in [0.05, 0.1) is 0 Å². The summed E-state index contributed by atoms with van der Waals surface area (Å²) in [5, 5.41) is 3.96. The lowest BCUT2D eigenvalue weighted by Crippen LogP contribution is -1.83. The number of aryl methyl sites for hydroxylation is 1. The van der Waals surface area contributed by atoms with Gasteiger partial charge in [0.25, 0.3) is 0 Å². The molecule has 5 heteroatoms. The van der Waals surface area contributed by atoms with Crippen LogP contribution in [0.1, 0.15) is 17.5 Å². The van der Waals surface area contributed by atoms with Crippen molar-refractivity contribution in [1.82, 2.24) is 4.98 Å². The van der Waals surface area contributed by atoms with Crippen molar-refractivity contribution >= 4 is 17.7 Å². The molecule has 0 spiro atoms. The molecule has 0 unspecified atom stereocenters. The van der Waals surface area contributed by atoms with E-state index in [-0.39, 0.29) is 0 Å². The van der Waals surface area contributed by atoms with Gasteiger partial charge in [-0.3, -0.25) is 0 Å². The minimum atomic E-state index is 0.479. The smallest absolute Gasteiger partial charge is 0.131 e. The minimum Gasteiger partial charge on any atom is -0.244 e. The van der Waals surface area contributed by atoms with Gasteiger partial charge >= 0.3 is 0 Å². The summed E-state index contributed by atoms with van der Waals surface area (Å²) in [4.78, 5) is 6.69. The second-order valence-electron chi connectivity index (χ2n) is 3.02. The van der Waals surface area contributed by atoms with Crippen molar-refractivity contribution in [3.05, 3.63) is 45.1 Å². The largest absolute Gasteiger partial charge is 0.244 e. The van der Waals surface area contributed by atoms with Gasteiger partial charge in [0.15, 0.2) is 0 Å². The highest BCUT2D eigenvalue weighted by molar-refractivity contribution is 6.30. The van der Waals surface area contributed by atoms with E-state index in [0.717, 1.165) is 17.5 Å². The maximum Gasteiger partial charge on any atom is 0.131 e. The molecule has 15 heavy (non-hydrogen) atoms. The third-order valence-electron chi connectivity index (χ3n) is 1.80. The molecule has 0 amide bonds. The third kappa shape index (κ3) is 4.02. The molecule has 0 N–H and O–H groups in total. The van der Waals surface area contributed by atoms with Gasteiger partial charge in [0, 0.05) is 17.7 Å². The Kier molecular flexibility index (Phi) is 4.68. The van der Waals surface area contributed by atoms with E-state index in [0.29, 0.717) is 11.7 Å². The molecule has 0 aromatic carbocycles. The monoisotopic (exact) mass is 222 g/mol. The van der Waals surface area contributed by atoms with E-state index in [4.69, 9.17) is 17.1 Å². The molecule has 0 aliphatic carbocycles. The summed E-state index contributed by atoms with van der Waals surface area (Å²) >= 11 is 5.79. The number of halogens is 1. The number of pyridine rings is 1. The summed E-state index contributed by atoms with van der Waals surface area (Å²) < 4.78 is 0. The molecule has 78 valence electrons. The van der Waals surface area contributed by atoms with Crippen molar-refractivity contribution < 1.29 is 0 Å². The average molecular weight is 223 g/mol. The molecule has 1 aromatic rings. The third-order valence-corrected chi connectivity index (χ3v) is 2.20. The van der Waals surface area contributed by atoms with E-state index in [1.165, 1.54) is 0 Å². The van der Waals surface area contributed by atoms with Crippen LogP contribution in [0.2, 0.25) is 5.15 Å². The first kappa shape index (κ1) is 11.6. The lowest BCUT2D eigenvalue weighted by atomic mass is 10.2. The van der Waals surface area contributed by atoms with Crippen molar-refractivity contribution in [3.63, 3.8) is 0 Å².